The van der Waals surface area contributed by atoms with Crippen LogP contribution in [0.3, 0.4) is 0 Å². The quantitative estimate of drug-likeness (QED) is 0.913. The molecule has 110 valence electrons. The first-order chi connectivity index (χ1) is 9.76. The van der Waals surface area contributed by atoms with E-state index in [0.717, 1.165) is 24.3 Å². The van der Waals surface area contributed by atoms with Gasteiger partial charge < -0.3 is 15.0 Å². The van der Waals surface area contributed by atoms with Crippen molar-refractivity contribution in [1.82, 2.24) is 5.32 Å². The van der Waals surface area contributed by atoms with E-state index < -0.39 is 0 Å². The van der Waals surface area contributed by atoms with Crippen molar-refractivity contribution in [3.63, 3.8) is 0 Å². The number of hydrogen-bond donors (Lipinski definition) is 1. The van der Waals surface area contributed by atoms with E-state index in [1.807, 2.05) is 6.07 Å². The maximum Gasteiger partial charge on any atom is 0.120 e. The van der Waals surface area contributed by atoms with Gasteiger partial charge in [-0.05, 0) is 37.3 Å². The Bertz CT molecular complexity index is 434. The topological polar surface area (TPSA) is 24.5 Å². The van der Waals surface area contributed by atoms with Crippen molar-refractivity contribution in [3.8, 4) is 5.75 Å². The highest BCUT2D eigenvalue weighted by molar-refractivity contribution is 5.50. The first-order valence-corrected chi connectivity index (χ1v) is 7.87. The zero-order valence-corrected chi connectivity index (χ0v) is 12.6. The van der Waals surface area contributed by atoms with Gasteiger partial charge in [-0.25, -0.2) is 0 Å². The largest absolute Gasteiger partial charge is 0.497 e. The van der Waals surface area contributed by atoms with Crippen LogP contribution in [0, 0.1) is 5.92 Å². The molecule has 1 aliphatic heterocycles. The van der Waals surface area contributed by atoms with Crippen LogP contribution in [-0.2, 0) is 0 Å². The van der Waals surface area contributed by atoms with Crippen LogP contribution in [0.1, 0.15) is 32.1 Å². The molecule has 3 heteroatoms. The second-order valence-electron chi connectivity index (χ2n) is 6.33. The minimum absolute atomic E-state index is 0.638. The third kappa shape index (κ3) is 2.93. The van der Waals surface area contributed by atoms with Gasteiger partial charge in [0.15, 0.2) is 0 Å². The van der Waals surface area contributed by atoms with Gasteiger partial charge in [0.25, 0.3) is 0 Å². The highest BCUT2D eigenvalue weighted by Crippen LogP contribution is 2.33. The summed E-state index contributed by atoms with van der Waals surface area (Å²) in [7, 11) is 3.90. The molecule has 0 aromatic heterocycles. The molecule has 0 amide bonds. The van der Waals surface area contributed by atoms with Crippen LogP contribution in [0.2, 0.25) is 0 Å². The summed E-state index contributed by atoms with van der Waals surface area (Å²) in [6.07, 6.45) is 6.99. The Labute approximate surface area is 122 Å². The average Bonchev–Trinajstić information content (AvgIpc) is 2.89. The molecule has 0 radical (unpaired) electrons. The Morgan fingerprint density at radius 2 is 2.15 bits per heavy atom. The fourth-order valence-corrected chi connectivity index (χ4v) is 3.86. The van der Waals surface area contributed by atoms with Crippen LogP contribution in [0.15, 0.2) is 24.3 Å². The summed E-state index contributed by atoms with van der Waals surface area (Å²) in [6.45, 7) is 1.08. The molecular weight excluding hydrogens is 248 g/mol. The maximum atomic E-state index is 5.31. The van der Waals surface area contributed by atoms with E-state index in [9.17, 15) is 0 Å². The first-order valence-electron chi connectivity index (χ1n) is 7.87. The molecule has 3 atom stereocenters. The van der Waals surface area contributed by atoms with Crippen molar-refractivity contribution in [3.05, 3.63) is 24.3 Å². The summed E-state index contributed by atoms with van der Waals surface area (Å²) in [4.78, 5) is 2.34. The highest BCUT2D eigenvalue weighted by atomic mass is 16.5. The van der Waals surface area contributed by atoms with Gasteiger partial charge >= 0.3 is 0 Å². The number of rotatable bonds is 4. The van der Waals surface area contributed by atoms with Crippen LogP contribution < -0.4 is 15.0 Å². The lowest BCUT2D eigenvalue weighted by molar-refractivity contribution is 0.325. The normalized spacial score (nSPS) is 29.0. The highest BCUT2D eigenvalue weighted by Gasteiger charge is 2.35. The first kappa shape index (κ1) is 13.7. The smallest absolute Gasteiger partial charge is 0.120 e. The Hall–Kier alpha value is -1.22. The summed E-state index contributed by atoms with van der Waals surface area (Å²) >= 11 is 0. The number of nitrogens with zero attached hydrogens (tertiary/aromatic N) is 1. The average molecular weight is 274 g/mol. The third-order valence-electron chi connectivity index (χ3n) is 4.93. The minimum atomic E-state index is 0.638. The van der Waals surface area contributed by atoms with Crippen LogP contribution in [-0.4, -0.2) is 32.8 Å². The third-order valence-corrected chi connectivity index (χ3v) is 4.93. The molecule has 1 N–H and O–H groups in total. The molecule has 0 bridgehead atoms. The van der Waals surface area contributed by atoms with Gasteiger partial charge in [0.2, 0.25) is 0 Å². The molecular formula is C17H26N2O. The van der Waals surface area contributed by atoms with Gasteiger partial charge in [-0.3, -0.25) is 0 Å². The van der Waals surface area contributed by atoms with E-state index >= 15 is 0 Å². The lowest BCUT2D eigenvalue weighted by atomic mass is 9.85. The molecule has 1 aromatic carbocycles. The van der Waals surface area contributed by atoms with Gasteiger partial charge in [0, 0.05) is 37.4 Å². The van der Waals surface area contributed by atoms with E-state index in [4.69, 9.17) is 4.74 Å². The maximum absolute atomic E-state index is 5.31. The molecule has 2 aliphatic rings. The summed E-state index contributed by atoms with van der Waals surface area (Å²) in [5.41, 5.74) is 1.24. The van der Waals surface area contributed by atoms with Crippen molar-refractivity contribution in [2.75, 3.05) is 25.6 Å². The predicted octanol–water partition coefficient (Wildman–Crippen LogP) is 3.05. The molecule has 3 unspecified atom stereocenters. The number of fused-ring (bicyclic) bond motifs is 1. The van der Waals surface area contributed by atoms with E-state index in [1.165, 1.54) is 37.8 Å². The number of likely N-dealkylation sites (N-methyl/N-ethyl adjacent to an activating group) is 1. The van der Waals surface area contributed by atoms with Crippen LogP contribution >= 0.6 is 0 Å². The standard InChI is InChI=1S/C17H26N2O/c1-19(15-7-5-8-16(11-15)20-2)12-14-10-13-6-3-4-9-17(13)18-14/h5,7-8,11,13-14,17-18H,3-4,6,9-10,12H2,1-2H3. The molecule has 1 aromatic rings. The Morgan fingerprint density at radius 1 is 1.30 bits per heavy atom. The number of benzene rings is 1. The van der Waals surface area contributed by atoms with E-state index in [2.05, 4.69) is 35.5 Å². The molecule has 3 rings (SSSR count). The summed E-state index contributed by atoms with van der Waals surface area (Å²) in [5.74, 6) is 1.86. The molecule has 1 aliphatic carbocycles. The Kier molecular flexibility index (Phi) is 4.16. The summed E-state index contributed by atoms with van der Waals surface area (Å²) < 4.78 is 5.31. The van der Waals surface area contributed by atoms with Crippen molar-refractivity contribution < 1.29 is 4.74 Å². The zero-order valence-electron chi connectivity index (χ0n) is 12.6. The predicted molar refractivity (Wildman–Crippen MR) is 83.6 cm³/mol. The van der Waals surface area contributed by atoms with Gasteiger partial charge in [0.05, 0.1) is 7.11 Å². The van der Waals surface area contributed by atoms with Crippen molar-refractivity contribution >= 4 is 5.69 Å². The van der Waals surface area contributed by atoms with E-state index in [1.54, 1.807) is 7.11 Å². The van der Waals surface area contributed by atoms with Gasteiger partial charge in [0.1, 0.15) is 5.75 Å². The monoisotopic (exact) mass is 274 g/mol. The van der Waals surface area contributed by atoms with Crippen molar-refractivity contribution in [1.29, 1.82) is 0 Å². The molecule has 1 saturated carbocycles. The lowest BCUT2D eigenvalue weighted by Crippen LogP contribution is -2.39. The number of nitrogens with one attached hydrogen (secondary N) is 1. The lowest BCUT2D eigenvalue weighted by Gasteiger charge is -2.25. The van der Waals surface area contributed by atoms with E-state index in [-0.39, 0.29) is 0 Å². The Morgan fingerprint density at radius 3 is 2.95 bits per heavy atom. The van der Waals surface area contributed by atoms with Crippen molar-refractivity contribution in [2.45, 2.75) is 44.2 Å². The number of anilines is 1. The van der Waals surface area contributed by atoms with Crippen LogP contribution in [0.25, 0.3) is 0 Å². The minimum Gasteiger partial charge on any atom is -0.497 e. The van der Waals surface area contributed by atoms with Gasteiger partial charge in [-0.1, -0.05) is 18.9 Å². The molecule has 1 heterocycles. The number of ether oxygens (including phenoxy) is 1. The van der Waals surface area contributed by atoms with Gasteiger partial charge in [-0.15, -0.1) is 0 Å². The van der Waals surface area contributed by atoms with Crippen LogP contribution in [0.4, 0.5) is 5.69 Å². The second-order valence-corrected chi connectivity index (χ2v) is 6.33. The zero-order chi connectivity index (χ0) is 13.9. The van der Waals surface area contributed by atoms with Crippen LogP contribution in [0.5, 0.6) is 5.75 Å². The van der Waals surface area contributed by atoms with Gasteiger partial charge in [-0.2, -0.15) is 0 Å². The van der Waals surface area contributed by atoms with E-state index in [0.29, 0.717) is 6.04 Å². The molecule has 3 nitrogen and oxygen atoms in total. The summed E-state index contributed by atoms with van der Waals surface area (Å²) in [6, 6.07) is 9.76. The number of hydrogen-bond acceptors (Lipinski definition) is 3. The fraction of sp³-hybridized carbons (Fsp3) is 0.647. The molecule has 20 heavy (non-hydrogen) atoms. The summed E-state index contributed by atoms with van der Waals surface area (Å²) in [5, 5.41) is 3.85. The second kappa shape index (κ2) is 6.04. The molecule has 2 fully saturated rings. The SMILES string of the molecule is COc1cccc(N(C)CC2CC3CCCCC3N2)c1. The molecule has 1 saturated heterocycles. The Balaban J connectivity index is 1.60. The number of methoxy groups -OCH3 is 1. The molecule has 0 spiro atoms. The van der Waals surface area contributed by atoms with Crippen molar-refractivity contribution in [2.24, 2.45) is 5.92 Å². The fourth-order valence-electron chi connectivity index (χ4n) is 3.86.